The average Bonchev–Trinajstić information content (AvgIpc) is 2.42. The molecule has 0 saturated carbocycles. The van der Waals surface area contributed by atoms with Crippen molar-refractivity contribution in [2.75, 3.05) is 13.1 Å². The van der Waals surface area contributed by atoms with Crippen molar-refractivity contribution in [1.82, 2.24) is 0 Å². The van der Waals surface area contributed by atoms with Gasteiger partial charge in [0.1, 0.15) is 0 Å². The van der Waals surface area contributed by atoms with Crippen molar-refractivity contribution >= 4 is 23.0 Å². The Balaban J connectivity index is 4.56. The van der Waals surface area contributed by atoms with Gasteiger partial charge in [-0.15, -0.1) is 0 Å². The van der Waals surface area contributed by atoms with Gasteiger partial charge >= 0.3 is 0 Å². The van der Waals surface area contributed by atoms with Gasteiger partial charge in [-0.3, -0.25) is 19.6 Å². The summed E-state index contributed by atoms with van der Waals surface area (Å²) < 4.78 is 0. The Labute approximate surface area is 129 Å². The Morgan fingerprint density at radius 1 is 0.810 bits per heavy atom. The Bertz CT molecular complexity index is 383. The number of hydrogen-bond acceptors (Lipinski definition) is 4. The molecule has 120 valence electrons. The molecule has 0 aromatic heterocycles. The van der Waals surface area contributed by atoms with Crippen molar-refractivity contribution in [2.45, 2.75) is 67.2 Å². The van der Waals surface area contributed by atoms with E-state index in [0.29, 0.717) is 37.4 Å². The fraction of sp³-hybridized carbons (Fsp3) is 0.765. The number of carbonyl (C=O) groups excluding carboxylic acids is 2. The molecule has 4 heteroatoms. The van der Waals surface area contributed by atoms with Gasteiger partial charge in [0, 0.05) is 31.3 Å². The van der Waals surface area contributed by atoms with E-state index in [4.69, 9.17) is 0 Å². The molecule has 0 N–H and O–H groups in total. The molecule has 4 nitrogen and oxygen atoms in total. The SMILES string of the molecule is CCCC(=O)C(C)=NCC(C)(C)CN=C(C)C(=O)CCC. The molecule has 0 saturated heterocycles. The normalized spacial score (nSPS) is 13.4. The minimum absolute atomic E-state index is 0.117. The molecule has 0 aliphatic heterocycles. The Hall–Kier alpha value is -1.32. The first-order valence-electron chi connectivity index (χ1n) is 7.82. The summed E-state index contributed by atoms with van der Waals surface area (Å²) in [7, 11) is 0. The number of rotatable bonds is 10. The van der Waals surface area contributed by atoms with Crippen LogP contribution in [0.5, 0.6) is 0 Å². The van der Waals surface area contributed by atoms with Gasteiger partial charge < -0.3 is 0 Å². The summed E-state index contributed by atoms with van der Waals surface area (Å²) >= 11 is 0. The van der Waals surface area contributed by atoms with Crippen LogP contribution in [-0.4, -0.2) is 36.1 Å². The second kappa shape index (κ2) is 9.59. The fourth-order valence-corrected chi connectivity index (χ4v) is 1.71. The minimum Gasteiger partial charge on any atom is -0.293 e. The predicted molar refractivity (Wildman–Crippen MR) is 89.6 cm³/mol. The van der Waals surface area contributed by atoms with Crippen molar-refractivity contribution < 1.29 is 9.59 Å². The van der Waals surface area contributed by atoms with Crippen LogP contribution in [0.25, 0.3) is 0 Å². The highest BCUT2D eigenvalue weighted by molar-refractivity contribution is 6.39. The zero-order chi connectivity index (χ0) is 16.5. The maximum Gasteiger partial charge on any atom is 0.176 e. The third-order valence-electron chi connectivity index (χ3n) is 3.25. The van der Waals surface area contributed by atoms with Gasteiger partial charge in [0.2, 0.25) is 0 Å². The maximum absolute atomic E-state index is 11.7. The molecule has 0 heterocycles. The molecule has 0 rings (SSSR count). The lowest BCUT2D eigenvalue weighted by atomic mass is 9.93. The lowest BCUT2D eigenvalue weighted by molar-refractivity contribution is -0.113. The topological polar surface area (TPSA) is 58.9 Å². The van der Waals surface area contributed by atoms with Gasteiger partial charge in [-0.05, 0) is 26.7 Å². The second-order valence-corrected chi connectivity index (χ2v) is 6.31. The summed E-state index contributed by atoms with van der Waals surface area (Å²) in [6.45, 7) is 12.7. The van der Waals surface area contributed by atoms with Crippen LogP contribution < -0.4 is 0 Å². The first kappa shape index (κ1) is 19.7. The highest BCUT2D eigenvalue weighted by atomic mass is 16.1. The van der Waals surface area contributed by atoms with E-state index in [-0.39, 0.29) is 17.0 Å². The molecule has 0 unspecified atom stereocenters. The van der Waals surface area contributed by atoms with E-state index < -0.39 is 0 Å². The molecular weight excluding hydrogens is 264 g/mol. The van der Waals surface area contributed by atoms with Crippen LogP contribution in [0.3, 0.4) is 0 Å². The van der Waals surface area contributed by atoms with Crippen molar-refractivity contribution in [1.29, 1.82) is 0 Å². The number of nitrogens with zero attached hydrogens (tertiary/aromatic N) is 2. The van der Waals surface area contributed by atoms with E-state index in [1.165, 1.54) is 0 Å². The van der Waals surface area contributed by atoms with Crippen molar-refractivity contribution in [3.63, 3.8) is 0 Å². The molecular formula is C17H30N2O2. The predicted octanol–water partition coefficient (Wildman–Crippen LogP) is 3.67. The smallest absolute Gasteiger partial charge is 0.176 e. The van der Waals surface area contributed by atoms with Crippen molar-refractivity contribution in [2.24, 2.45) is 15.4 Å². The van der Waals surface area contributed by atoms with Gasteiger partial charge in [0.15, 0.2) is 11.6 Å². The van der Waals surface area contributed by atoms with Crippen LogP contribution >= 0.6 is 0 Å². The van der Waals surface area contributed by atoms with Crippen LogP contribution in [0, 0.1) is 5.41 Å². The van der Waals surface area contributed by atoms with E-state index in [9.17, 15) is 9.59 Å². The van der Waals surface area contributed by atoms with E-state index in [2.05, 4.69) is 23.8 Å². The average molecular weight is 294 g/mol. The summed E-state index contributed by atoms with van der Waals surface area (Å²) in [5, 5.41) is 0. The van der Waals surface area contributed by atoms with Crippen LogP contribution in [0.4, 0.5) is 0 Å². The van der Waals surface area contributed by atoms with Gasteiger partial charge in [-0.2, -0.15) is 0 Å². The third kappa shape index (κ3) is 8.53. The first-order chi connectivity index (χ1) is 9.73. The van der Waals surface area contributed by atoms with Gasteiger partial charge in [0.05, 0.1) is 11.4 Å². The summed E-state index contributed by atoms with van der Waals surface area (Å²) in [5.74, 6) is 0.234. The first-order valence-corrected chi connectivity index (χ1v) is 7.82. The molecule has 0 atom stereocenters. The lowest BCUT2D eigenvalue weighted by Crippen LogP contribution is -2.23. The molecule has 0 aliphatic carbocycles. The summed E-state index contributed by atoms with van der Waals surface area (Å²) in [4.78, 5) is 32.1. The number of Topliss-reactive ketones (excluding diaryl/α,β-unsaturated/α-hetero) is 2. The zero-order valence-corrected chi connectivity index (χ0v) is 14.5. The molecule has 0 fully saturated rings. The second-order valence-electron chi connectivity index (χ2n) is 6.31. The zero-order valence-electron chi connectivity index (χ0n) is 14.5. The fourth-order valence-electron chi connectivity index (χ4n) is 1.71. The molecule has 0 aliphatic rings. The van der Waals surface area contributed by atoms with E-state index in [1.54, 1.807) is 13.8 Å². The van der Waals surface area contributed by atoms with Crippen LogP contribution in [0.1, 0.15) is 67.2 Å². The number of hydrogen-bond donors (Lipinski definition) is 0. The number of carbonyl (C=O) groups is 2. The summed E-state index contributed by atoms with van der Waals surface area (Å²) in [6.07, 6.45) is 2.80. The Kier molecular flexibility index (Phi) is 8.98. The highest BCUT2D eigenvalue weighted by Gasteiger charge is 2.18. The molecule has 0 radical (unpaired) electrons. The summed E-state index contributed by atoms with van der Waals surface area (Å²) in [6, 6.07) is 0. The van der Waals surface area contributed by atoms with Crippen molar-refractivity contribution in [3.8, 4) is 0 Å². The quantitative estimate of drug-likeness (QED) is 0.577. The lowest BCUT2D eigenvalue weighted by Gasteiger charge is -2.20. The van der Waals surface area contributed by atoms with Gasteiger partial charge in [-0.1, -0.05) is 27.7 Å². The molecule has 0 bridgehead atoms. The summed E-state index contributed by atoms with van der Waals surface area (Å²) in [5.41, 5.74) is 1.03. The number of aliphatic imine (C=N–C) groups is 2. The maximum atomic E-state index is 11.7. The van der Waals surface area contributed by atoms with Gasteiger partial charge in [-0.25, -0.2) is 0 Å². The molecule has 21 heavy (non-hydrogen) atoms. The van der Waals surface area contributed by atoms with Gasteiger partial charge in [0.25, 0.3) is 0 Å². The Morgan fingerprint density at radius 3 is 1.43 bits per heavy atom. The minimum atomic E-state index is -0.151. The third-order valence-corrected chi connectivity index (χ3v) is 3.25. The molecule has 0 amide bonds. The Morgan fingerprint density at radius 2 is 1.14 bits per heavy atom. The van der Waals surface area contributed by atoms with Crippen LogP contribution in [-0.2, 0) is 9.59 Å². The van der Waals surface area contributed by atoms with Crippen molar-refractivity contribution in [3.05, 3.63) is 0 Å². The molecule has 0 spiro atoms. The molecule has 0 aromatic rings. The largest absolute Gasteiger partial charge is 0.293 e. The van der Waals surface area contributed by atoms with E-state index in [1.807, 2.05) is 13.8 Å². The van der Waals surface area contributed by atoms with E-state index in [0.717, 1.165) is 12.8 Å². The van der Waals surface area contributed by atoms with Crippen LogP contribution in [0.15, 0.2) is 9.98 Å². The monoisotopic (exact) mass is 294 g/mol. The molecule has 0 aromatic carbocycles. The number of ketones is 2. The highest BCUT2D eigenvalue weighted by Crippen LogP contribution is 2.16. The standard InChI is InChI=1S/C17H30N2O2/c1-7-9-15(20)13(3)18-11-17(5,6)12-19-14(4)16(21)10-8-2/h7-12H2,1-6H3. The van der Waals surface area contributed by atoms with Crippen LogP contribution in [0.2, 0.25) is 0 Å². The van der Waals surface area contributed by atoms with E-state index >= 15 is 0 Å².